The lowest BCUT2D eigenvalue weighted by Gasteiger charge is -2.15. The van der Waals surface area contributed by atoms with Crippen LogP contribution in [0, 0.1) is 6.92 Å². The Bertz CT molecular complexity index is 740. The van der Waals surface area contributed by atoms with Crippen molar-refractivity contribution < 1.29 is 23.8 Å². The number of esters is 1. The standard InChI is InChI=1S/C17H19NO5S/c1-10-5-8-15(24-10)17(20)23-11(2)16(19)18-13-9-12(21-3)6-7-14(13)22-4/h5-9,11H,1-4H3,(H,18,19)/t11-/m1/s1. The van der Waals surface area contributed by atoms with Crippen LogP contribution >= 0.6 is 11.3 Å². The molecule has 2 aromatic rings. The molecular formula is C17H19NO5S. The summed E-state index contributed by atoms with van der Waals surface area (Å²) < 4.78 is 15.5. The molecule has 1 aromatic carbocycles. The smallest absolute Gasteiger partial charge is 0.349 e. The molecular weight excluding hydrogens is 330 g/mol. The minimum atomic E-state index is -0.948. The van der Waals surface area contributed by atoms with Crippen molar-refractivity contribution in [2.24, 2.45) is 0 Å². The zero-order valence-electron chi connectivity index (χ0n) is 13.9. The number of amides is 1. The first-order valence-electron chi connectivity index (χ1n) is 7.25. The number of ether oxygens (including phenoxy) is 3. The Hall–Kier alpha value is -2.54. The molecule has 24 heavy (non-hydrogen) atoms. The van der Waals surface area contributed by atoms with Crippen LogP contribution in [0.3, 0.4) is 0 Å². The van der Waals surface area contributed by atoms with Crippen LogP contribution in [0.15, 0.2) is 30.3 Å². The molecule has 1 aromatic heterocycles. The van der Waals surface area contributed by atoms with Gasteiger partial charge in [-0.25, -0.2) is 4.79 Å². The minimum Gasteiger partial charge on any atom is -0.497 e. The molecule has 6 nitrogen and oxygen atoms in total. The highest BCUT2D eigenvalue weighted by molar-refractivity contribution is 7.13. The molecule has 128 valence electrons. The maximum absolute atomic E-state index is 12.3. The van der Waals surface area contributed by atoms with Crippen molar-refractivity contribution in [1.82, 2.24) is 0 Å². The van der Waals surface area contributed by atoms with Crippen molar-refractivity contribution in [2.75, 3.05) is 19.5 Å². The summed E-state index contributed by atoms with van der Waals surface area (Å²) in [5.41, 5.74) is 0.441. The average molecular weight is 349 g/mol. The second kappa shape index (κ2) is 7.83. The quantitative estimate of drug-likeness (QED) is 0.810. The van der Waals surface area contributed by atoms with Crippen molar-refractivity contribution in [3.8, 4) is 11.5 Å². The third-order valence-electron chi connectivity index (χ3n) is 3.26. The maximum atomic E-state index is 12.3. The van der Waals surface area contributed by atoms with Crippen LogP contribution in [0.1, 0.15) is 21.5 Å². The lowest BCUT2D eigenvalue weighted by Crippen LogP contribution is -2.30. The number of rotatable bonds is 6. The van der Waals surface area contributed by atoms with E-state index in [9.17, 15) is 9.59 Å². The van der Waals surface area contributed by atoms with Gasteiger partial charge in [0.05, 0.1) is 19.9 Å². The van der Waals surface area contributed by atoms with E-state index in [1.54, 1.807) is 24.3 Å². The summed E-state index contributed by atoms with van der Waals surface area (Å²) in [6, 6.07) is 8.54. The van der Waals surface area contributed by atoms with Crippen LogP contribution in [0.4, 0.5) is 5.69 Å². The number of benzene rings is 1. The molecule has 1 amide bonds. The van der Waals surface area contributed by atoms with E-state index in [0.29, 0.717) is 22.1 Å². The van der Waals surface area contributed by atoms with E-state index < -0.39 is 18.0 Å². The summed E-state index contributed by atoms with van der Waals surface area (Å²) >= 11 is 1.32. The number of hydrogen-bond acceptors (Lipinski definition) is 6. The Morgan fingerprint density at radius 2 is 1.88 bits per heavy atom. The van der Waals surface area contributed by atoms with Crippen molar-refractivity contribution in [2.45, 2.75) is 20.0 Å². The molecule has 0 fully saturated rings. The van der Waals surface area contributed by atoms with E-state index >= 15 is 0 Å². The molecule has 0 unspecified atom stereocenters. The molecule has 0 aliphatic rings. The van der Waals surface area contributed by atoms with Gasteiger partial charge < -0.3 is 19.5 Å². The van der Waals surface area contributed by atoms with Gasteiger partial charge >= 0.3 is 5.97 Å². The topological polar surface area (TPSA) is 73.9 Å². The first-order chi connectivity index (χ1) is 11.4. The van der Waals surface area contributed by atoms with E-state index in [0.717, 1.165) is 4.88 Å². The largest absolute Gasteiger partial charge is 0.497 e. The summed E-state index contributed by atoms with van der Waals surface area (Å²) in [7, 11) is 3.03. The molecule has 0 radical (unpaired) electrons. The van der Waals surface area contributed by atoms with Crippen LogP contribution in [0.5, 0.6) is 11.5 Å². The molecule has 0 spiro atoms. The lowest BCUT2D eigenvalue weighted by atomic mass is 10.2. The minimum absolute atomic E-state index is 0.441. The number of carbonyl (C=O) groups excluding carboxylic acids is 2. The van der Waals surface area contributed by atoms with Crippen LogP contribution in [-0.4, -0.2) is 32.2 Å². The molecule has 1 heterocycles. The Labute approximate surface area is 144 Å². The molecule has 1 N–H and O–H groups in total. The van der Waals surface area contributed by atoms with E-state index in [1.165, 1.54) is 32.5 Å². The average Bonchev–Trinajstić information content (AvgIpc) is 3.01. The third-order valence-corrected chi connectivity index (χ3v) is 4.24. The van der Waals surface area contributed by atoms with Gasteiger partial charge in [0.2, 0.25) is 0 Å². The van der Waals surface area contributed by atoms with Gasteiger partial charge in [-0.05, 0) is 38.1 Å². The zero-order chi connectivity index (χ0) is 17.7. The molecule has 1 atom stereocenters. The van der Waals surface area contributed by atoms with E-state index in [2.05, 4.69) is 5.32 Å². The van der Waals surface area contributed by atoms with Crippen LogP contribution in [0.25, 0.3) is 0 Å². The summed E-state index contributed by atoms with van der Waals surface area (Å²) in [6.45, 7) is 3.41. The van der Waals surface area contributed by atoms with Crippen LogP contribution in [0.2, 0.25) is 0 Å². The highest BCUT2D eigenvalue weighted by Crippen LogP contribution is 2.29. The number of methoxy groups -OCH3 is 2. The summed E-state index contributed by atoms with van der Waals surface area (Å²) in [5, 5.41) is 2.68. The predicted molar refractivity (Wildman–Crippen MR) is 92.1 cm³/mol. The molecule has 7 heteroatoms. The Kier molecular flexibility index (Phi) is 5.81. The fourth-order valence-corrected chi connectivity index (χ4v) is 2.71. The van der Waals surface area contributed by atoms with Crippen molar-refractivity contribution in [1.29, 1.82) is 0 Å². The van der Waals surface area contributed by atoms with Gasteiger partial charge in [0.1, 0.15) is 16.4 Å². The normalized spacial score (nSPS) is 11.5. The van der Waals surface area contributed by atoms with Gasteiger partial charge in [0.25, 0.3) is 5.91 Å². The highest BCUT2D eigenvalue weighted by Gasteiger charge is 2.21. The lowest BCUT2D eigenvalue weighted by molar-refractivity contribution is -0.123. The fourth-order valence-electron chi connectivity index (χ4n) is 1.96. The molecule has 0 aliphatic carbocycles. The summed E-state index contributed by atoms with van der Waals surface area (Å²) in [5.74, 6) is 0.0814. The number of anilines is 1. The second-order valence-electron chi connectivity index (χ2n) is 5.01. The predicted octanol–water partition coefficient (Wildman–Crippen LogP) is 3.26. The first kappa shape index (κ1) is 17.8. The van der Waals surface area contributed by atoms with Gasteiger partial charge in [-0.3, -0.25) is 4.79 Å². The summed E-state index contributed by atoms with van der Waals surface area (Å²) in [6.07, 6.45) is -0.948. The van der Waals surface area contributed by atoms with E-state index in [1.807, 2.05) is 13.0 Å². The monoisotopic (exact) mass is 349 g/mol. The van der Waals surface area contributed by atoms with Crippen molar-refractivity contribution >= 4 is 28.9 Å². The maximum Gasteiger partial charge on any atom is 0.349 e. The molecule has 0 bridgehead atoms. The van der Waals surface area contributed by atoms with E-state index in [-0.39, 0.29) is 0 Å². The van der Waals surface area contributed by atoms with Gasteiger partial charge in [-0.1, -0.05) is 0 Å². The van der Waals surface area contributed by atoms with Gasteiger partial charge in [-0.2, -0.15) is 0 Å². The van der Waals surface area contributed by atoms with Crippen LogP contribution < -0.4 is 14.8 Å². The third kappa shape index (κ3) is 4.26. The van der Waals surface area contributed by atoms with Gasteiger partial charge in [0, 0.05) is 10.9 Å². The summed E-state index contributed by atoms with van der Waals surface area (Å²) in [4.78, 5) is 25.7. The van der Waals surface area contributed by atoms with E-state index in [4.69, 9.17) is 14.2 Å². The molecule has 0 saturated heterocycles. The number of nitrogens with one attached hydrogen (secondary N) is 1. The van der Waals surface area contributed by atoms with Gasteiger partial charge in [0.15, 0.2) is 6.10 Å². The molecule has 0 aliphatic heterocycles. The number of carbonyl (C=O) groups is 2. The number of aryl methyl sites for hydroxylation is 1. The Morgan fingerprint density at radius 3 is 2.46 bits per heavy atom. The second-order valence-corrected chi connectivity index (χ2v) is 6.30. The number of hydrogen-bond donors (Lipinski definition) is 1. The Balaban J connectivity index is 2.05. The zero-order valence-corrected chi connectivity index (χ0v) is 14.7. The van der Waals surface area contributed by atoms with Crippen molar-refractivity contribution in [3.05, 3.63) is 40.1 Å². The molecule has 2 rings (SSSR count). The molecule has 0 saturated carbocycles. The van der Waals surface area contributed by atoms with Gasteiger partial charge in [-0.15, -0.1) is 11.3 Å². The fraction of sp³-hybridized carbons (Fsp3) is 0.294. The Morgan fingerprint density at radius 1 is 1.12 bits per heavy atom. The van der Waals surface area contributed by atoms with Crippen molar-refractivity contribution in [3.63, 3.8) is 0 Å². The highest BCUT2D eigenvalue weighted by atomic mass is 32.1. The van der Waals surface area contributed by atoms with Crippen LogP contribution in [-0.2, 0) is 9.53 Å². The number of thiophene rings is 1. The first-order valence-corrected chi connectivity index (χ1v) is 8.06. The SMILES string of the molecule is COc1ccc(OC)c(NC(=O)[C@@H](C)OC(=O)c2ccc(C)s2)c1.